The second-order valence-electron chi connectivity index (χ2n) is 9.58. The zero-order valence-electron chi connectivity index (χ0n) is 20.9. The van der Waals surface area contributed by atoms with Gasteiger partial charge in [0.05, 0.1) is 17.8 Å². The van der Waals surface area contributed by atoms with Crippen molar-refractivity contribution in [3.05, 3.63) is 55.9 Å². The Morgan fingerprint density at radius 3 is 2.62 bits per heavy atom. The summed E-state index contributed by atoms with van der Waals surface area (Å²) in [6.07, 6.45) is -8.21. The Kier molecular flexibility index (Phi) is 6.50. The molecule has 0 saturated carbocycles. The van der Waals surface area contributed by atoms with Crippen LogP contribution in [0, 0.1) is 13.8 Å². The zero-order chi connectivity index (χ0) is 28.5. The molecule has 15 heteroatoms. The summed E-state index contributed by atoms with van der Waals surface area (Å²) in [6, 6.07) is 4.54. The summed E-state index contributed by atoms with van der Waals surface area (Å²) in [4.78, 5) is 23.3. The van der Waals surface area contributed by atoms with Crippen LogP contribution in [0.4, 0.5) is 22.0 Å². The number of Topliss-reactive ketones (excluding diaryl/α,β-unsaturated/α-hetero) is 1. The normalized spacial score (nSPS) is 22.1. The molecule has 2 aliphatic heterocycles. The van der Waals surface area contributed by atoms with E-state index in [0.29, 0.717) is 21.8 Å². The van der Waals surface area contributed by atoms with Gasteiger partial charge in [-0.05, 0) is 39.0 Å². The Morgan fingerprint density at radius 1 is 1.26 bits per heavy atom. The summed E-state index contributed by atoms with van der Waals surface area (Å²) in [5.74, 6) is -4.45. The number of benzene rings is 1. The van der Waals surface area contributed by atoms with Crippen LogP contribution in [-0.2, 0) is 16.8 Å². The fourth-order valence-corrected chi connectivity index (χ4v) is 5.93. The first-order valence-corrected chi connectivity index (χ1v) is 13.0. The monoisotopic (exact) mass is 587 g/mol. The molecule has 4 heterocycles. The van der Waals surface area contributed by atoms with E-state index >= 15 is 0 Å². The molecule has 208 valence electrons. The van der Waals surface area contributed by atoms with E-state index in [2.05, 4.69) is 25.7 Å². The van der Waals surface area contributed by atoms with Crippen molar-refractivity contribution in [2.75, 3.05) is 6.54 Å². The summed E-state index contributed by atoms with van der Waals surface area (Å²) in [7, 11) is 0. The van der Waals surface area contributed by atoms with Crippen molar-refractivity contribution in [1.82, 2.24) is 25.4 Å². The van der Waals surface area contributed by atoms with Crippen molar-refractivity contribution in [2.24, 2.45) is 10.7 Å². The number of thiazole rings is 1. The fraction of sp³-hybridized carbons (Fsp3) is 0.417. The maximum atomic E-state index is 13.7. The highest BCUT2D eigenvalue weighted by atomic mass is 35.5. The number of alkyl halides is 5. The maximum absolute atomic E-state index is 13.7. The SMILES string of the molecule is Cc1nc(C2(C)C(=O)CNC3=C2C(N)N=C(c2nn(CCC(F)(F)C(F)(F)F)c4cc(Cl)ccc24)N3)sc1C. The van der Waals surface area contributed by atoms with Gasteiger partial charge in [0.2, 0.25) is 0 Å². The number of nitrogens with two attached hydrogens (primary N) is 1. The van der Waals surface area contributed by atoms with Gasteiger partial charge < -0.3 is 16.4 Å². The van der Waals surface area contributed by atoms with Gasteiger partial charge >= 0.3 is 12.1 Å². The summed E-state index contributed by atoms with van der Waals surface area (Å²) < 4.78 is 66.7. The number of aliphatic imine (C=N–C) groups is 1. The van der Waals surface area contributed by atoms with Gasteiger partial charge in [0.1, 0.15) is 28.1 Å². The van der Waals surface area contributed by atoms with Crippen molar-refractivity contribution in [1.29, 1.82) is 0 Å². The molecule has 2 unspecified atom stereocenters. The van der Waals surface area contributed by atoms with E-state index in [-0.39, 0.29) is 34.4 Å². The predicted octanol–water partition coefficient (Wildman–Crippen LogP) is 4.33. The van der Waals surface area contributed by atoms with E-state index in [9.17, 15) is 26.7 Å². The second kappa shape index (κ2) is 9.24. The molecule has 0 amide bonds. The molecule has 0 aliphatic carbocycles. The number of hydrogen-bond donors (Lipinski definition) is 3. The topological polar surface area (TPSA) is 110 Å². The van der Waals surface area contributed by atoms with Crippen LogP contribution < -0.4 is 16.4 Å². The number of hydrogen-bond acceptors (Lipinski definition) is 8. The van der Waals surface area contributed by atoms with Crippen LogP contribution in [0.3, 0.4) is 0 Å². The number of carbonyl (C=O) groups is 1. The molecule has 0 fully saturated rings. The number of nitrogens with one attached hydrogen (secondary N) is 2. The molecule has 39 heavy (non-hydrogen) atoms. The van der Waals surface area contributed by atoms with Crippen molar-refractivity contribution in [3.63, 3.8) is 0 Å². The molecule has 0 radical (unpaired) electrons. The number of amidine groups is 1. The van der Waals surface area contributed by atoms with Gasteiger partial charge in [-0.15, -0.1) is 11.3 Å². The van der Waals surface area contributed by atoms with Gasteiger partial charge in [-0.1, -0.05) is 11.6 Å². The first-order valence-electron chi connectivity index (χ1n) is 11.8. The molecule has 2 atom stereocenters. The van der Waals surface area contributed by atoms with Gasteiger partial charge in [0.25, 0.3) is 0 Å². The third-order valence-electron chi connectivity index (χ3n) is 7.05. The molecule has 4 N–H and O–H groups in total. The lowest BCUT2D eigenvalue weighted by atomic mass is 9.74. The molecule has 1 aromatic carbocycles. The highest BCUT2D eigenvalue weighted by molar-refractivity contribution is 7.12. The number of rotatable bonds is 5. The van der Waals surface area contributed by atoms with Crippen molar-refractivity contribution < 1.29 is 26.7 Å². The van der Waals surface area contributed by atoms with Gasteiger partial charge in [-0.3, -0.25) is 9.48 Å². The standard InChI is InChI=1S/C24H23ClF5N7OS/c1-10-11(2)39-21(33-10)22(3)15(38)9-32-19-16(22)18(31)34-20(35-19)17-13-5-4-12(25)8-14(13)37(36-17)7-6-23(26,27)24(28,29)30/h4-5,8,18,32H,6-7,9,31H2,1-3H3,(H,34,35). The lowest BCUT2D eigenvalue weighted by Crippen LogP contribution is -2.56. The van der Waals surface area contributed by atoms with Crippen molar-refractivity contribution >= 4 is 45.5 Å². The molecule has 8 nitrogen and oxygen atoms in total. The van der Waals surface area contributed by atoms with E-state index in [1.165, 1.54) is 17.4 Å². The summed E-state index contributed by atoms with van der Waals surface area (Å²) >= 11 is 7.49. The smallest absolute Gasteiger partial charge is 0.364 e. The number of carbonyl (C=O) groups excluding carboxylic acids is 1. The van der Waals surface area contributed by atoms with Gasteiger partial charge in [0, 0.05) is 33.8 Å². The Hall–Kier alpha value is -3.10. The molecule has 0 bridgehead atoms. The molecule has 0 saturated heterocycles. The Labute approximate surface area is 228 Å². The van der Waals surface area contributed by atoms with Crippen molar-refractivity contribution in [3.8, 4) is 0 Å². The number of nitrogens with zero attached hydrogens (tertiary/aromatic N) is 4. The third kappa shape index (κ3) is 4.47. The van der Waals surface area contributed by atoms with Crippen LogP contribution >= 0.6 is 22.9 Å². The number of aryl methyl sites for hydroxylation is 3. The highest BCUT2D eigenvalue weighted by Gasteiger charge is 2.57. The minimum absolute atomic E-state index is 0.0165. The van der Waals surface area contributed by atoms with Gasteiger partial charge in [-0.25, -0.2) is 9.98 Å². The first kappa shape index (κ1) is 27.5. The highest BCUT2D eigenvalue weighted by Crippen LogP contribution is 2.42. The molecule has 0 spiro atoms. The molecular formula is C24H23ClF5N7OS. The Morgan fingerprint density at radius 2 is 1.97 bits per heavy atom. The van der Waals surface area contributed by atoms with E-state index in [1.54, 1.807) is 19.1 Å². The second-order valence-corrected chi connectivity index (χ2v) is 11.2. The molecule has 5 rings (SSSR count). The lowest BCUT2D eigenvalue weighted by Gasteiger charge is -2.39. The first-order chi connectivity index (χ1) is 18.1. The zero-order valence-corrected chi connectivity index (χ0v) is 22.5. The lowest BCUT2D eigenvalue weighted by molar-refractivity contribution is -0.285. The quantitative estimate of drug-likeness (QED) is 0.384. The summed E-state index contributed by atoms with van der Waals surface area (Å²) in [6.45, 7) is 4.77. The van der Waals surface area contributed by atoms with E-state index in [4.69, 9.17) is 17.3 Å². The summed E-state index contributed by atoms with van der Waals surface area (Å²) in [5.41, 5.74) is 7.06. The van der Waals surface area contributed by atoms with Crippen LogP contribution in [0.2, 0.25) is 5.02 Å². The number of fused-ring (bicyclic) bond motifs is 1. The Bertz CT molecular complexity index is 1540. The Balaban J connectivity index is 1.54. The van der Waals surface area contributed by atoms with Crippen LogP contribution in [-0.4, -0.2) is 51.2 Å². The number of aromatic nitrogens is 3. The molecule has 3 aromatic rings. The van der Waals surface area contributed by atoms with Crippen molar-refractivity contribution in [2.45, 2.75) is 57.4 Å². The maximum Gasteiger partial charge on any atom is 0.453 e. The average molecular weight is 588 g/mol. The predicted molar refractivity (Wildman–Crippen MR) is 137 cm³/mol. The molecular weight excluding hydrogens is 565 g/mol. The number of ketones is 1. The third-order valence-corrected chi connectivity index (χ3v) is 8.57. The molecule has 2 aliphatic rings. The van der Waals surface area contributed by atoms with E-state index in [1.807, 2.05) is 13.8 Å². The fourth-order valence-electron chi connectivity index (χ4n) is 4.67. The minimum Gasteiger partial charge on any atom is -0.364 e. The largest absolute Gasteiger partial charge is 0.453 e. The average Bonchev–Trinajstić information content (AvgIpc) is 3.38. The summed E-state index contributed by atoms with van der Waals surface area (Å²) in [5, 5.41) is 11.7. The van der Waals surface area contributed by atoms with Crippen LogP contribution in [0.1, 0.15) is 34.6 Å². The van der Waals surface area contributed by atoms with Crippen LogP contribution in [0.5, 0.6) is 0 Å². The van der Waals surface area contributed by atoms with Gasteiger partial charge in [0.15, 0.2) is 11.6 Å². The number of halogens is 6. The van der Waals surface area contributed by atoms with Crippen LogP contribution in [0.25, 0.3) is 10.9 Å². The molecule has 2 aromatic heterocycles. The van der Waals surface area contributed by atoms with E-state index in [0.717, 1.165) is 15.3 Å². The minimum atomic E-state index is -5.69. The van der Waals surface area contributed by atoms with E-state index < -0.39 is 36.6 Å². The van der Waals surface area contributed by atoms with Crippen LogP contribution in [0.15, 0.2) is 34.6 Å². The van der Waals surface area contributed by atoms with Gasteiger partial charge in [-0.2, -0.15) is 27.1 Å².